The largest absolute Gasteiger partial charge is 0.506 e. The van der Waals surface area contributed by atoms with Crippen LogP contribution in [0.15, 0.2) is 35.4 Å². The van der Waals surface area contributed by atoms with Gasteiger partial charge in [0.25, 0.3) is 11.5 Å². The molecule has 43 heavy (non-hydrogen) atoms. The van der Waals surface area contributed by atoms with E-state index in [2.05, 4.69) is 20.2 Å². The van der Waals surface area contributed by atoms with Crippen molar-refractivity contribution in [2.75, 3.05) is 49.0 Å². The third kappa shape index (κ3) is 5.70. The molecule has 1 saturated heterocycles. The number of nitrogens with zero attached hydrogens (tertiary/aromatic N) is 6. The molecule has 0 spiro atoms. The second-order valence-electron chi connectivity index (χ2n) is 10.4. The van der Waals surface area contributed by atoms with Gasteiger partial charge in [0.05, 0.1) is 52.1 Å². The number of anilines is 3. The highest BCUT2D eigenvalue weighted by Crippen LogP contribution is 2.36. The van der Waals surface area contributed by atoms with Crippen LogP contribution in [-0.2, 0) is 23.1 Å². The van der Waals surface area contributed by atoms with Gasteiger partial charge < -0.3 is 35.3 Å². The van der Waals surface area contributed by atoms with Gasteiger partial charge in [-0.15, -0.1) is 0 Å². The number of carbonyl (C=O) groups is 2. The fraction of sp³-hybridized carbons (Fsp3) is 0.321. The molecule has 1 fully saturated rings. The van der Waals surface area contributed by atoms with E-state index in [1.165, 1.54) is 27.5 Å². The number of benzene rings is 1. The summed E-state index contributed by atoms with van der Waals surface area (Å²) in [4.78, 5) is 51.9. The second-order valence-corrected chi connectivity index (χ2v) is 11.3. The lowest BCUT2D eigenvalue weighted by molar-refractivity contribution is -0.116. The van der Waals surface area contributed by atoms with Crippen molar-refractivity contribution in [1.82, 2.24) is 19.1 Å². The first-order valence-corrected chi connectivity index (χ1v) is 14.0. The molecule has 2 amide bonds. The molecule has 3 aromatic heterocycles. The van der Waals surface area contributed by atoms with Gasteiger partial charge in [-0.3, -0.25) is 19.0 Å². The first kappa shape index (κ1) is 30.1. The Bertz CT molecular complexity index is 1820. The maximum absolute atomic E-state index is 13.6. The molecule has 4 heterocycles. The number of pyridine rings is 1. The number of hydrogen-bond donors (Lipinski definition) is 3. The van der Waals surface area contributed by atoms with Gasteiger partial charge in [-0.05, 0) is 24.6 Å². The average molecular weight is 630 g/mol. The average Bonchev–Trinajstić information content (AvgIpc) is 3.31. The van der Waals surface area contributed by atoms with Crippen LogP contribution in [0.2, 0.25) is 10.0 Å². The maximum Gasteiger partial charge on any atom is 0.264 e. The quantitative estimate of drug-likeness (QED) is 0.279. The van der Waals surface area contributed by atoms with E-state index >= 15 is 0 Å². The molecule has 0 bridgehead atoms. The van der Waals surface area contributed by atoms with Gasteiger partial charge in [0.1, 0.15) is 18.1 Å². The molecule has 0 aliphatic carbocycles. The number of hydrogen-bond acceptors (Lipinski definition) is 9. The summed E-state index contributed by atoms with van der Waals surface area (Å²) >= 11 is 12.6. The number of nitrogens with one attached hydrogen (secondary N) is 1. The highest BCUT2D eigenvalue weighted by molar-refractivity contribution is 6.34. The fourth-order valence-corrected chi connectivity index (χ4v) is 5.45. The molecule has 15 heteroatoms. The fourth-order valence-electron chi connectivity index (χ4n) is 5.08. The number of nitrogens with two attached hydrogens (primary N) is 1. The van der Waals surface area contributed by atoms with Crippen molar-refractivity contribution in [3.8, 4) is 16.9 Å². The zero-order valence-corrected chi connectivity index (χ0v) is 25.4. The van der Waals surface area contributed by atoms with E-state index in [0.29, 0.717) is 48.3 Å². The molecule has 4 N–H and O–H groups in total. The summed E-state index contributed by atoms with van der Waals surface area (Å²) < 4.78 is 8.41. The number of carbonyl (C=O) groups excluding carboxylic acids is 2. The number of rotatable bonds is 7. The summed E-state index contributed by atoms with van der Waals surface area (Å²) in [6.45, 7) is 3.56. The van der Waals surface area contributed by atoms with E-state index in [1.807, 2.05) is 6.92 Å². The first-order chi connectivity index (χ1) is 20.4. The topological polar surface area (TPSA) is 161 Å². The van der Waals surface area contributed by atoms with Crippen LogP contribution in [0, 0.1) is 0 Å². The minimum Gasteiger partial charge on any atom is -0.506 e. The Labute approximate surface area is 256 Å². The van der Waals surface area contributed by atoms with Gasteiger partial charge in [-0.2, -0.15) is 4.98 Å². The van der Waals surface area contributed by atoms with Crippen molar-refractivity contribution in [1.29, 1.82) is 0 Å². The number of phenols is 1. The molecule has 0 saturated carbocycles. The van der Waals surface area contributed by atoms with Crippen LogP contribution in [-0.4, -0.2) is 75.9 Å². The van der Waals surface area contributed by atoms with E-state index in [4.69, 9.17) is 33.7 Å². The molecule has 1 aliphatic rings. The summed E-state index contributed by atoms with van der Waals surface area (Å²) in [6, 6.07) is 4.56. The van der Waals surface area contributed by atoms with Crippen molar-refractivity contribution >= 4 is 63.5 Å². The van der Waals surface area contributed by atoms with Gasteiger partial charge in [0, 0.05) is 45.5 Å². The number of morpholine rings is 1. The van der Waals surface area contributed by atoms with Crippen LogP contribution in [0.25, 0.3) is 22.2 Å². The highest BCUT2D eigenvalue weighted by Gasteiger charge is 2.24. The molecular formula is C28H30Cl2N8O5. The second kappa shape index (κ2) is 11.7. The summed E-state index contributed by atoms with van der Waals surface area (Å²) in [6.07, 6.45) is 3.05. The number of halogens is 2. The van der Waals surface area contributed by atoms with Gasteiger partial charge in [-0.25, -0.2) is 4.98 Å². The van der Waals surface area contributed by atoms with Crippen LogP contribution in [0.4, 0.5) is 17.5 Å². The summed E-state index contributed by atoms with van der Waals surface area (Å²) in [5, 5.41) is 13.4. The lowest BCUT2D eigenvalue weighted by Gasteiger charge is -2.34. The Kier molecular flexibility index (Phi) is 8.23. The van der Waals surface area contributed by atoms with Crippen LogP contribution >= 0.6 is 23.2 Å². The predicted molar refractivity (Wildman–Crippen MR) is 165 cm³/mol. The lowest BCUT2D eigenvalue weighted by atomic mass is 10.0. The number of primary amides is 1. The van der Waals surface area contributed by atoms with Crippen LogP contribution in [0.5, 0.6) is 5.75 Å². The smallest absolute Gasteiger partial charge is 0.264 e. The number of ether oxygens (including phenoxy) is 1. The molecule has 1 aromatic carbocycles. The Balaban J connectivity index is 1.57. The molecule has 0 radical (unpaired) electrons. The van der Waals surface area contributed by atoms with Crippen LogP contribution < -0.4 is 26.4 Å². The Morgan fingerprint density at radius 3 is 2.65 bits per heavy atom. The summed E-state index contributed by atoms with van der Waals surface area (Å²) in [5.74, 6) is -0.799. The Morgan fingerprint density at radius 1 is 1.23 bits per heavy atom. The molecule has 1 aliphatic heterocycles. The van der Waals surface area contributed by atoms with E-state index in [-0.39, 0.29) is 39.2 Å². The Morgan fingerprint density at radius 2 is 1.98 bits per heavy atom. The van der Waals surface area contributed by atoms with Crippen molar-refractivity contribution < 1.29 is 19.4 Å². The molecule has 1 atom stereocenters. The molecule has 5 rings (SSSR count). The number of aromatic hydroxyl groups is 1. The van der Waals surface area contributed by atoms with E-state index in [9.17, 15) is 19.5 Å². The van der Waals surface area contributed by atoms with Gasteiger partial charge in [0.2, 0.25) is 11.9 Å². The monoisotopic (exact) mass is 628 g/mol. The Hall–Kier alpha value is -4.33. The minimum absolute atomic E-state index is 0.0960. The molecular weight excluding hydrogens is 599 g/mol. The summed E-state index contributed by atoms with van der Waals surface area (Å²) in [5.41, 5.74) is 6.12. The molecule has 226 valence electrons. The van der Waals surface area contributed by atoms with Crippen molar-refractivity contribution in [2.24, 2.45) is 12.8 Å². The predicted octanol–water partition coefficient (Wildman–Crippen LogP) is 2.84. The van der Waals surface area contributed by atoms with Crippen LogP contribution in [0.1, 0.15) is 17.3 Å². The normalized spacial score (nSPS) is 15.1. The third-order valence-electron chi connectivity index (χ3n) is 7.21. The van der Waals surface area contributed by atoms with Gasteiger partial charge in [-0.1, -0.05) is 23.2 Å². The van der Waals surface area contributed by atoms with E-state index < -0.39 is 23.1 Å². The van der Waals surface area contributed by atoms with Crippen LogP contribution in [0.3, 0.4) is 0 Å². The molecule has 13 nitrogen and oxygen atoms in total. The zero-order chi connectivity index (χ0) is 31.2. The SMILES string of the molecule is CC1COCCN1c1cc(NC(=O)Cn2cc(-c3cc(Cl)c(O)c(C(N)=O)c3)c3c(=O)n(C)c(N(C)C)nc32)c(Cl)cn1. The van der Waals surface area contributed by atoms with Crippen molar-refractivity contribution in [2.45, 2.75) is 19.5 Å². The minimum atomic E-state index is -0.898. The van der Waals surface area contributed by atoms with Gasteiger partial charge in [0.15, 0.2) is 5.65 Å². The van der Waals surface area contributed by atoms with E-state index in [1.54, 1.807) is 38.3 Å². The lowest BCUT2D eigenvalue weighted by Crippen LogP contribution is -2.44. The third-order valence-corrected chi connectivity index (χ3v) is 7.79. The standard InChI is InChI=1S/C28H30Cl2N8O5/c1-14-13-43-6-5-38(14)21-9-20(19(30)10-32-21)33-22(39)12-37-11-17(15-7-16(25(31)41)24(40)18(29)8-15)23-26(37)34-28(35(2)3)36(4)27(23)42/h7-11,14,40H,5-6,12-13H2,1-4H3,(H2,31,41)(H,32,33,39). The summed E-state index contributed by atoms with van der Waals surface area (Å²) in [7, 11) is 5.06. The highest BCUT2D eigenvalue weighted by atomic mass is 35.5. The van der Waals surface area contributed by atoms with Gasteiger partial charge >= 0.3 is 0 Å². The molecule has 4 aromatic rings. The van der Waals surface area contributed by atoms with E-state index in [0.717, 1.165) is 0 Å². The maximum atomic E-state index is 13.6. The number of fused-ring (bicyclic) bond motifs is 1. The number of aromatic nitrogens is 4. The molecule has 1 unspecified atom stereocenters. The number of amides is 2. The first-order valence-electron chi connectivity index (χ1n) is 13.3. The van der Waals surface area contributed by atoms with Crippen molar-refractivity contribution in [3.63, 3.8) is 0 Å². The van der Waals surface area contributed by atoms with Crippen molar-refractivity contribution in [3.05, 3.63) is 56.6 Å². The zero-order valence-electron chi connectivity index (χ0n) is 23.9.